The van der Waals surface area contributed by atoms with E-state index in [1.807, 2.05) is 77.5 Å². The molecular formula is C29H34N6O. The Balaban J connectivity index is 1.84. The van der Waals surface area contributed by atoms with E-state index in [9.17, 15) is 4.79 Å². The van der Waals surface area contributed by atoms with Crippen LogP contribution in [0.3, 0.4) is 0 Å². The molecular weight excluding hydrogens is 448 g/mol. The number of nitrogens with one attached hydrogen (secondary N) is 1. The third kappa shape index (κ3) is 5.63. The number of hydrogen-bond donors (Lipinski definition) is 1. The Bertz CT molecular complexity index is 1380. The van der Waals surface area contributed by atoms with Crippen LogP contribution in [0.15, 0.2) is 66.7 Å². The number of nitrogens with zero attached hydrogens (tertiary/aromatic N) is 5. The lowest BCUT2D eigenvalue weighted by Crippen LogP contribution is -2.31. The summed E-state index contributed by atoms with van der Waals surface area (Å²) in [6, 6.07) is 22.1. The Hall–Kier alpha value is -3.97. The van der Waals surface area contributed by atoms with Crippen molar-refractivity contribution in [1.82, 2.24) is 20.2 Å². The largest absolute Gasteiger partial charge is 0.378 e. The van der Waals surface area contributed by atoms with Crippen LogP contribution in [0.4, 0.5) is 11.4 Å². The van der Waals surface area contributed by atoms with Crippen molar-refractivity contribution in [3.63, 3.8) is 0 Å². The SMILES string of the molecule is CN(C)CCNC(=O)c1ccc2nc(-c3cccc(N(C)C)c3)c(-c3cccc(N(C)C)c3)nc2c1. The molecule has 0 saturated heterocycles. The first-order valence-corrected chi connectivity index (χ1v) is 12.0. The Kier molecular flexibility index (Phi) is 7.50. The molecule has 7 nitrogen and oxygen atoms in total. The average Bonchev–Trinajstić information content (AvgIpc) is 2.87. The van der Waals surface area contributed by atoms with Gasteiger partial charge in [0.15, 0.2) is 0 Å². The third-order valence-electron chi connectivity index (χ3n) is 6.04. The first-order valence-electron chi connectivity index (χ1n) is 12.0. The van der Waals surface area contributed by atoms with Crippen LogP contribution >= 0.6 is 0 Å². The molecule has 1 amide bonds. The lowest BCUT2D eigenvalue weighted by atomic mass is 10.0. The minimum Gasteiger partial charge on any atom is -0.378 e. The van der Waals surface area contributed by atoms with Gasteiger partial charge in [-0.3, -0.25) is 4.79 Å². The molecule has 0 saturated carbocycles. The van der Waals surface area contributed by atoms with Crippen LogP contribution in [-0.4, -0.2) is 76.2 Å². The smallest absolute Gasteiger partial charge is 0.251 e. The highest BCUT2D eigenvalue weighted by Gasteiger charge is 2.16. The first kappa shape index (κ1) is 25.1. The van der Waals surface area contributed by atoms with Gasteiger partial charge in [-0.1, -0.05) is 24.3 Å². The van der Waals surface area contributed by atoms with Gasteiger partial charge in [-0.25, -0.2) is 9.97 Å². The molecule has 4 rings (SSSR count). The Labute approximate surface area is 213 Å². The van der Waals surface area contributed by atoms with Gasteiger partial charge in [-0.2, -0.15) is 0 Å². The summed E-state index contributed by atoms with van der Waals surface area (Å²) in [4.78, 5) is 29.0. The fourth-order valence-corrected chi connectivity index (χ4v) is 3.96. The molecule has 0 bridgehead atoms. The second-order valence-electron chi connectivity index (χ2n) is 9.57. The van der Waals surface area contributed by atoms with Gasteiger partial charge in [0.25, 0.3) is 5.91 Å². The molecule has 186 valence electrons. The van der Waals surface area contributed by atoms with Crippen molar-refractivity contribution in [2.24, 2.45) is 0 Å². The number of amides is 1. The van der Waals surface area contributed by atoms with Crippen molar-refractivity contribution in [2.45, 2.75) is 0 Å². The number of benzene rings is 3. The van der Waals surface area contributed by atoms with Crippen molar-refractivity contribution in [1.29, 1.82) is 0 Å². The van der Waals surface area contributed by atoms with Crippen LogP contribution in [0.25, 0.3) is 33.5 Å². The summed E-state index contributed by atoms with van der Waals surface area (Å²) in [5.74, 6) is -0.112. The molecule has 0 aliphatic carbocycles. The fourth-order valence-electron chi connectivity index (χ4n) is 3.96. The van der Waals surface area contributed by atoms with E-state index >= 15 is 0 Å². The zero-order valence-corrected chi connectivity index (χ0v) is 21.9. The van der Waals surface area contributed by atoms with E-state index in [0.29, 0.717) is 17.6 Å². The Morgan fingerprint density at radius 3 is 1.81 bits per heavy atom. The zero-order valence-electron chi connectivity index (χ0n) is 21.9. The summed E-state index contributed by atoms with van der Waals surface area (Å²) in [5, 5.41) is 2.98. The van der Waals surface area contributed by atoms with E-state index in [4.69, 9.17) is 9.97 Å². The molecule has 4 aromatic rings. The molecule has 0 aliphatic rings. The first-order chi connectivity index (χ1) is 17.2. The quantitative estimate of drug-likeness (QED) is 0.402. The minimum atomic E-state index is -0.112. The summed E-state index contributed by atoms with van der Waals surface area (Å²) in [7, 11) is 12.1. The van der Waals surface area contributed by atoms with Gasteiger partial charge in [0.2, 0.25) is 0 Å². The van der Waals surface area contributed by atoms with Crippen LogP contribution in [0.1, 0.15) is 10.4 Å². The van der Waals surface area contributed by atoms with Gasteiger partial charge in [0.1, 0.15) is 0 Å². The monoisotopic (exact) mass is 482 g/mol. The Morgan fingerprint density at radius 1 is 0.722 bits per heavy atom. The summed E-state index contributed by atoms with van der Waals surface area (Å²) >= 11 is 0. The molecule has 0 aliphatic heterocycles. The molecule has 0 spiro atoms. The fraction of sp³-hybridized carbons (Fsp3) is 0.276. The average molecular weight is 483 g/mol. The molecule has 0 atom stereocenters. The van der Waals surface area contributed by atoms with Crippen LogP contribution < -0.4 is 15.1 Å². The van der Waals surface area contributed by atoms with Gasteiger partial charge >= 0.3 is 0 Å². The van der Waals surface area contributed by atoms with E-state index in [1.54, 1.807) is 0 Å². The summed E-state index contributed by atoms with van der Waals surface area (Å²) in [6.07, 6.45) is 0. The molecule has 7 heteroatoms. The van der Waals surface area contributed by atoms with Crippen molar-refractivity contribution in [3.8, 4) is 22.5 Å². The lowest BCUT2D eigenvalue weighted by molar-refractivity contribution is 0.0951. The van der Waals surface area contributed by atoms with Crippen molar-refractivity contribution >= 4 is 28.3 Å². The maximum Gasteiger partial charge on any atom is 0.251 e. The molecule has 1 N–H and O–H groups in total. The number of anilines is 2. The van der Waals surface area contributed by atoms with Crippen LogP contribution in [0, 0.1) is 0 Å². The molecule has 1 heterocycles. The molecule has 36 heavy (non-hydrogen) atoms. The number of likely N-dealkylation sites (N-methyl/N-ethyl adjacent to an activating group) is 1. The van der Waals surface area contributed by atoms with Gasteiger partial charge < -0.3 is 20.0 Å². The van der Waals surface area contributed by atoms with Crippen LogP contribution in [0.5, 0.6) is 0 Å². The maximum atomic E-state index is 12.7. The molecule has 0 radical (unpaired) electrons. The lowest BCUT2D eigenvalue weighted by Gasteiger charge is -2.17. The van der Waals surface area contributed by atoms with E-state index in [-0.39, 0.29) is 5.91 Å². The number of aromatic nitrogens is 2. The van der Waals surface area contributed by atoms with Crippen molar-refractivity contribution < 1.29 is 4.79 Å². The summed E-state index contributed by atoms with van der Waals surface area (Å²) in [5.41, 5.74) is 7.74. The topological polar surface area (TPSA) is 64.6 Å². The van der Waals surface area contributed by atoms with Crippen molar-refractivity contribution in [2.75, 3.05) is 65.2 Å². The predicted molar refractivity (Wildman–Crippen MR) is 150 cm³/mol. The zero-order chi connectivity index (χ0) is 25.8. The number of rotatable bonds is 8. The normalized spacial score (nSPS) is 11.1. The van der Waals surface area contributed by atoms with E-state index in [1.165, 1.54) is 0 Å². The number of carbonyl (C=O) groups excluding carboxylic acids is 1. The van der Waals surface area contributed by atoms with Crippen LogP contribution in [-0.2, 0) is 0 Å². The molecule has 0 unspecified atom stereocenters. The van der Waals surface area contributed by atoms with Gasteiger partial charge in [-0.05, 0) is 56.6 Å². The number of hydrogen-bond acceptors (Lipinski definition) is 6. The highest BCUT2D eigenvalue weighted by atomic mass is 16.1. The van der Waals surface area contributed by atoms with Crippen LogP contribution in [0.2, 0.25) is 0 Å². The maximum absolute atomic E-state index is 12.7. The molecule has 1 aromatic heterocycles. The standard InChI is InChI=1S/C29H34N6O/c1-33(2)16-15-30-29(36)22-13-14-25-26(19-22)32-28(21-10-8-12-24(18-21)35(5)6)27(31-25)20-9-7-11-23(17-20)34(3)4/h7-14,17-19H,15-16H2,1-6H3,(H,30,36). The van der Waals surface area contributed by atoms with Gasteiger partial charge in [0, 0.05) is 69.3 Å². The minimum absolute atomic E-state index is 0.112. The van der Waals surface area contributed by atoms with Gasteiger partial charge in [-0.15, -0.1) is 0 Å². The predicted octanol–water partition coefficient (Wildman–Crippen LogP) is 4.39. The second kappa shape index (κ2) is 10.7. The summed E-state index contributed by atoms with van der Waals surface area (Å²) in [6.45, 7) is 1.36. The van der Waals surface area contributed by atoms with Gasteiger partial charge in [0.05, 0.1) is 22.4 Å². The number of carbonyl (C=O) groups is 1. The van der Waals surface area contributed by atoms with E-state index in [2.05, 4.69) is 51.5 Å². The third-order valence-corrected chi connectivity index (χ3v) is 6.04. The highest BCUT2D eigenvalue weighted by molar-refractivity contribution is 5.98. The summed E-state index contributed by atoms with van der Waals surface area (Å²) < 4.78 is 0. The second-order valence-corrected chi connectivity index (χ2v) is 9.57. The van der Waals surface area contributed by atoms with E-state index in [0.717, 1.165) is 46.0 Å². The Morgan fingerprint density at radius 2 is 1.28 bits per heavy atom. The highest BCUT2D eigenvalue weighted by Crippen LogP contribution is 2.34. The molecule has 3 aromatic carbocycles. The van der Waals surface area contributed by atoms with E-state index < -0.39 is 0 Å². The van der Waals surface area contributed by atoms with Crippen molar-refractivity contribution in [3.05, 3.63) is 72.3 Å². The number of fused-ring (bicyclic) bond motifs is 1. The molecule has 0 fully saturated rings.